The van der Waals surface area contributed by atoms with Crippen molar-refractivity contribution in [3.8, 4) is 0 Å². The van der Waals surface area contributed by atoms with Crippen molar-refractivity contribution in [1.29, 1.82) is 0 Å². The summed E-state index contributed by atoms with van der Waals surface area (Å²) < 4.78 is 38.4. The zero-order chi connectivity index (χ0) is 19.6. The van der Waals surface area contributed by atoms with Crippen LogP contribution in [0.4, 0.5) is 23.8 Å². The fourth-order valence-corrected chi connectivity index (χ4v) is 3.62. The Bertz CT molecular complexity index is 705. The average Bonchev–Trinajstić information content (AvgIpc) is 3.08. The molecule has 2 fully saturated rings. The number of hydrogen-bond acceptors (Lipinski definition) is 4. The Morgan fingerprint density at radius 3 is 2.48 bits per heavy atom. The number of hydrogen-bond donors (Lipinski definition) is 2. The van der Waals surface area contributed by atoms with Gasteiger partial charge in [-0.3, -0.25) is 4.79 Å². The van der Waals surface area contributed by atoms with Crippen LogP contribution in [-0.2, 0) is 11.0 Å². The first-order valence-corrected chi connectivity index (χ1v) is 8.81. The summed E-state index contributed by atoms with van der Waals surface area (Å²) in [6, 6.07) is 3.57. The molecule has 2 amide bonds. The molecule has 3 rings (SSSR count). The van der Waals surface area contributed by atoms with E-state index in [-0.39, 0.29) is 23.7 Å². The smallest absolute Gasteiger partial charge is 0.433 e. The quantitative estimate of drug-likeness (QED) is 0.832. The maximum Gasteiger partial charge on any atom is 0.433 e. The molecule has 7 nitrogen and oxygen atoms in total. The third-order valence-electron chi connectivity index (χ3n) is 5.02. The predicted octanol–water partition coefficient (Wildman–Crippen LogP) is 2.19. The van der Waals surface area contributed by atoms with Gasteiger partial charge in [0.15, 0.2) is 0 Å². The Morgan fingerprint density at radius 2 is 1.85 bits per heavy atom. The number of rotatable bonds is 3. The van der Waals surface area contributed by atoms with Crippen LogP contribution in [0, 0.1) is 5.92 Å². The molecule has 3 heterocycles. The second-order valence-electron chi connectivity index (χ2n) is 6.86. The molecule has 0 radical (unpaired) electrons. The minimum Gasteiger partial charge on any atom is -0.465 e. The number of aromatic nitrogens is 1. The lowest BCUT2D eigenvalue weighted by atomic mass is 9.95. The van der Waals surface area contributed by atoms with Gasteiger partial charge in [0.2, 0.25) is 5.91 Å². The SMILES string of the molecule is O=C(O)NC1CCN(C(=O)C2CCN(c3cccc(C(F)(F)F)n3)CC2)C1. The molecule has 0 bridgehead atoms. The Hall–Kier alpha value is -2.52. The van der Waals surface area contributed by atoms with Crippen LogP contribution in [0.1, 0.15) is 25.0 Å². The van der Waals surface area contributed by atoms with Crippen molar-refractivity contribution in [2.45, 2.75) is 31.5 Å². The van der Waals surface area contributed by atoms with E-state index in [1.807, 2.05) is 0 Å². The highest BCUT2D eigenvalue weighted by molar-refractivity contribution is 5.79. The number of likely N-dealkylation sites (tertiary alicyclic amines) is 1. The predicted molar refractivity (Wildman–Crippen MR) is 90.3 cm³/mol. The molecule has 10 heteroatoms. The van der Waals surface area contributed by atoms with Gasteiger partial charge in [-0.05, 0) is 31.4 Å². The minimum absolute atomic E-state index is 0.0126. The molecule has 0 saturated carbocycles. The van der Waals surface area contributed by atoms with E-state index in [0.29, 0.717) is 45.4 Å². The van der Waals surface area contributed by atoms with Gasteiger partial charge in [0.05, 0.1) is 6.04 Å². The summed E-state index contributed by atoms with van der Waals surface area (Å²) in [5.74, 6) is 0.0552. The summed E-state index contributed by atoms with van der Waals surface area (Å²) in [5.41, 5.74) is -0.924. The number of carboxylic acid groups (broad SMARTS) is 1. The second kappa shape index (κ2) is 7.61. The monoisotopic (exact) mass is 386 g/mol. The van der Waals surface area contributed by atoms with Crippen molar-refractivity contribution in [1.82, 2.24) is 15.2 Å². The van der Waals surface area contributed by atoms with E-state index < -0.39 is 18.0 Å². The van der Waals surface area contributed by atoms with Gasteiger partial charge < -0.3 is 20.2 Å². The fraction of sp³-hybridized carbons (Fsp3) is 0.588. The molecule has 27 heavy (non-hydrogen) atoms. The molecule has 2 N–H and O–H groups in total. The Morgan fingerprint density at radius 1 is 1.15 bits per heavy atom. The van der Waals surface area contributed by atoms with Gasteiger partial charge in [-0.2, -0.15) is 13.2 Å². The van der Waals surface area contributed by atoms with E-state index in [2.05, 4.69) is 10.3 Å². The number of pyridine rings is 1. The lowest BCUT2D eigenvalue weighted by Gasteiger charge is -2.34. The summed E-state index contributed by atoms with van der Waals surface area (Å²) in [6.07, 6.45) is -3.93. The van der Waals surface area contributed by atoms with Gasteiger partial charge >= 0.3 is 12.3 Å². The average molecular weight is 386 g/mol. The van der Waals surface area contributed by atoms with Crippen molar-refractivity contribution >= 4 is 17.8 Å². The number of alkyl halides is 3. The van der Waals surface area contributed by atoms with E-state index in [0.717, 1.165) is 6.07 Å². The molecule has 2 saturated heterocycles. The number of nitrogens with zero attached hydrogens (tertiary/aromatic N) is 3. The summed E-state index contributed by atoms with van der Waals surface area (Å²) in [6.45, 7) is 1.78. The summed E-state index contributed by atoms with van der Waals surface area (Å²) in [7, 11) is 0. The van der Waals surface area contributed by atoms with Crippen LogP contribution in [-0.4, -0.2) is 59.2 Å². The molecule has 2 aliphatic rings. The number of anilines is 1. The molecule has 0 spiro atoms. The van der Waals surface area contributed by atoms with E-state index in [4.69, 9.17) is 5.11 Å². The number of amides is 2. The molecule has 148 valence electrons. The molecule has 1 unspecified atom stereocenters. The van der Waals surface area contributed by atoms with Crippen LogP contribution in [0.15, 0.2) is 18.2 Å². The summed E-state index contributed by atoms with van der Waals surface area (Å²) in [4.78, 5) is 30.4. The van der Waals surface area contributed by atoms with Crippen LogP contribution in [0.2, 0.25) is 0 Å². The first kappa shape index (κ1) is 19.2. The van der Waals surface area contributed by atoms with Gasteiger partial charge in [0.25, 0.3) is 0 Å². The first-order valence-electron chi connectivity index (χ1n) is 8.81. The van der Waals surface area contributed by atoms with E-state index in [1.54, 1.807) is 15.9 Å². The van der Waals surface area contributed by atoms with Crippen LogP contribution in [0.3, 0.4) is 0 Å². The van der Waals surface area contributed by atoms with E-state index in [9.17, 15) is 22.8 Å². The normalized spacial score (nSPS) is 21.4. The number of carbonyl (C=O) groups is 2. The molecular weight excluding hydrogens is 365 g/mol. The Kier molecular flexibility index (Phi) is 5.43. The standard InChI is InChI=1S/C17H21F3N4O3/c18-17(19,20)13-2-1-3-14(22-13)23-7-4-11(5-8-23)15(25)24-9-6-12(10-24)21-16(26)27/h1-3,11-12,21H,4-10H2,(H,26,27). The number of piperidine rings is 1. The van der Waals surface area contributed by atoms with Gasteiger partial charge in [-0.15, -0.1) is 0 Å². The maximum atomic E-state index is 12.8. The van der Waals surface area contributed by atoms with Crippen LogP contribution in [0.25, 0.3) is 0 Å². The number of halogens is 3. The highest BCUT2D eigenvalue weighted by atomic mass is 19.4. The largest absolute Gasteiger partial charge is 0.465 e. The van der Waals surface area contributed by atoms with Crippen molar-refractivity contribution in [2.24, 2.45) is 5.92 Å². The molecule has 0 aliphatic carbocycles. The lowest BCUT2D eigenvalue weighted by molar-refractivity contribution is -0.141. The Balaban J connectivity index is 1.55. The van der Waals surface area contributed by atoms with Gasteiger partial charge in [-0.25, -0.2) is 9.78 Å². The zero-order valence-electron chi connectivity index (χ0n) is 14.6. The van der Waals surface area contributed by atoms with Crippen molar-refractivity contribution in [2.75, 3.05) is 31.1 Å². The number of carbonyl (C=O) groups excluding carboxylic acids is 1. The highest BCUT2D eigenvalue weighted by Gasteiger charge is 2.35. The molecule has 0 aromatic carbocycles. The fourth-order valence-electron chi connectivity index (χ4n) is 3.62. The van der Waals surface area contributed by atoms with Crippen LogP contribution < -0.4 is 10.2 Å². The summed E-state index contributed by atoms with van der Waals surface area (Å²) >= 11 is 0. The second-order valence-corrected chi connectivity index (χ2v) is 6.86. The van der Waals surface area contributed by atoms with Crippen molar-refractivity contribution < 1.29 is 27.9 Å². The molecule has 1 atom stereocenters. The third kappa shape index (κ3) is 4.61. The molecule has 2 aliphatic heterocycles. The van der Waals surface area contributed by atoms with E-state index in [1.165, 1.54) is 6.07 Å². The highest BCUT2D eigenvalue weighted by Crippen LogP contribution is 2.30. The first-order chi connectivity index (χ1) is 12.7. The van der Waals surface area contributed by atoms with E-state index >= 15 is 0 Å². The lowest BCUT2D eigenvalue weighted by Crippen LogP contribution is -2.43. The molecular formula is C17H21F3N4O3. The van der Waals surface area contributed by atoms with Crippen molar-refractivity contribution in [3.63, 3.8) is 0 Å². The van der Waals surface area contributed by atoms with Gasteiger partial charge in [0.1, 0.15) is 11.5 Å². The van der Waals surface area contributed by atoms with Gasteiger partial charge in [-0.1, -0.05) is 6.07 Å². The molecule has 1 aromatic rings. The third-order valence-corrected chi connectivity index (χ3v) is 5.02. The number of nitrogens with one attached hydrogen (secondary N) is 1. The molecule has 1 aromatic heterocycles. The maximum absolute atomic E-state index is 12.8. The zero-order valence-corrected chi connectivity index (χ0v) is 14.6. The van der Waals surface area contributed by atoms with Crippen molar-refractivity contribution in [3.05, 3.63) is 23.9 Å². The topological polar surface area (TPSA) is 85.8 Å². The minimum atomic E-state index is -4.49. The Labute approximate surface area is 154 Å². The summed E-state index contributed by atoms with van der Waals surface area (Å²) in [5, 5.41) is 11.1. The van der Waals surface area contributed by atoms with Crippen LogP contribution in [0.5, 0.6) is 0 Å². The van der Waals surface area contributed by atoms with Gasteiger partial charge in [0, 0.05) is 32.1 Å². The van der Waals surface area contributed by atoms with Crippen LogP contribution >= 0.6 is 0 Å².